The first-order chi connectivity index (χ1) is 13.1. The normalized spacial score (nSPS) is 11.7. The van der Waals surface area contributed by atoms with Gasteiger partial charge in [0, 0.05) is 5.69 Å². The molecule has 0 saturated carbocycles. The minimum absolute atomic E-state index is 0.0259. The zero-order valence-electron chi connectivity index (χ0n) is 15.1. The first-order valence-corrected chi connectivity index (χ1v) is 8.86. The fourth-order valence-electron chi connectivity index (χ4n) is 2.60. The summed E-state index contributed by atoms with van der Waals surface area (Å²) in [5, 5.41) is 16.1. The third kappa shape index (κ3) is 4.87. The summed E-state index contributed by atoms with van der Waals surface area (Å²) in [4.78, 5) is 8.69. The summed E-state index contributed by atoms with van der Waals surface area (Å²) in [6, 6.07) is 15.2. The fourth-order valence-corrected chi connectivity index (χ4v) is 2.75. The summed E-state index contributed by atoms with van der Waals surface area (Å²) in [6.45, 7) is 1.99. The van der Waals surface area contributed by atoms with Crippen LogP contribution >= 0.6 is 11.6 Å². The number of aliphatic hydroxyl groups excluding tert-OH is 1. The number of anilines is 3. The second-order valence-corrected chi connectivity index (χ2v) is 6.42. The van der Waals surface area contributed by atoms with Crippen molar-refractivity contribution in [2.75, 3.05) is 17.7 Å². The molecule has 1 aromatic heterocycles. The Balaban J connectivity index is 1.78. The number of nitrogens with zero attached hydrogens (tertiary/aromatic N) is 2. The van der Waals surface area contributed by atoms with E-state index in [9.17, 15) is 5.11 Å². The van der Waals surface area contributed by atoms with E-state index in [1.165, 1.54) is 0 Å². The van der Waals surface area contributed by atoms with E-state index in [-0.39, 0.29) is 12.6 Å². The molecular formula is C20H21ClN4O2. The molecule has 6 nitrogen and oxygen atoms in total. The van der Waals surface area contributed by atoms with Crippen LogP contribution in [0.25, 0.3) is 0 Å². The number of hydrogen-bond donors (Lipinski definition) is 3. The maximum Gasteiger partial charge on any atom is 0.229 e. The van der Waals surface area contributed by atoms with Crippen molar-refractivity contribution in [3.63, 3.8) is 0 Å². The van der Waals surface area contributed by atoms with Crippen molar-refractivity contribution in [1.82, 2.24) is 9.97 Å². The molecule has 140 valence electrons. The third-order valence-corrected chi connectivity index (χ3v) is 4.33. The topological polar surface area (TPSA) is 79.3 Å². The Labute approximate surface area is 163 Å². The van der Waals surface area contributed by atoms with Crippen LogP contribution in [0.1, 0.15) is 24.1 Å². The summed E-state index contributed by atoms with van der Waals surface area (Å²) in [6.07, 6.45) is 1.55. The van der Waals surface area contributed by atoms with Crippen LogP contribution in [0.3, 0.4) is 0 Å². The number of methoxy groups -OCH3 is 1. The van der Waals surface area contributed by atoms with Gasteiger partial charge in [-0.15, -0.1) is 0 Å². The number of benzene rings is 2. The Bertz CT molecular complexity index is 920. The number of hydrogen-bond acceptors (Lipinski definition) is 6. The first kappa shape index (κ1) is 18.9. The van der Waals surface area contributed by atoms with E-state index in [4.69, 9.17) is 16.3 Å². The molecule has 0 aliphatic heterocycles. The zero-order valence-corrected chi connectivity index (χ0v) is 15.9. The van der Waals surface area contributed by atoms with Crippen molar-refractivity contribution in [1.29, 1.82) is 0 Å². The van der Waals surface area contributed by atoms with E-state index in [0.717, 1.165) is 22.6 Å². The van der Waals surface area contributed by atoms with Gasteiger partial charge in [-0.25, -0.2) is 4.98 Å². The lowest BCUT2D eigenvalue weighted by molar-refractivity contribution is 0.282. The third-order valence-electron chi connectivity index (χ3n) is 4.06. The molecule has 2 aromatic carbocycles. The predicted octanol–water partition coefficient (Wildman–Crippen LogP) is 4.55. The van der Waals surface area contributed by atoms with Crippen LogP contribution in [0, 0.1) is 0 Å². The van der Waals surface area contributed by atoms with Gasteiger partial charge >= 0.3 is 0 Å². The van der Waals surface area contributed by atoms with E-state index in [1.807, 2.05) is 55.5 Å². The van der Waals surface area contributed by atoms with E-state index in [0.29, 0.717) is 16.8 Å². The lowest BCUT2D eigenvalue weighted by Crippen LogP contribution is -2.10. The Morgan fingerprint density at radius 3 is 2.78 bits per heavy atom. The van der Waals surface area contributed by atoms with E-state index >= 15 is 0 Å². The van der Waals surface area contributed by atoms with Crippen molar-refractivity contribution in [3.8, 4) is 5.75 Å². The minimum Gasteiger partial charge on any atom is -0.497 e. The number of aliphatic hydroxyl groups is 1. The maximum atomic E-state index is 9.26. The minimum atomic E-state index is -0.0296. The predicted molar refractivity (Wildman–Crippen MR) is 108 cm³/mol. The average molecular weight is 385 g/mol. The highest BCUT2D eigenvalue weighted by molar-refractivity contribution is 6.32. The van der Waals surface area contributed by atoms with Gasteiger partial charge in [-0.2, -0.15) is 4.98 Å². The summed E-state index contributed by atoms with van der Waals surface area (Å²) < 4.78 is 5.28. The molecule has 0 aliphatic carbocycles. The lowest BCUT2D eigenvalue weighted by atomic mass is 10.1. The van der Waals surface area contributed by atoms with Crippen molar-refractivity contribution in [3.05, 3.63) is 70.9 Å². The smallest absolute Gasteiger partial charge is 0.229 e. The number of halogens is 1. The van der Waals surface area contributed by atoms with Crippen molar-refractivity contribution < 1.29 is 9.84 Å². The molecule has 3 N–H and O–H groups in total. The van der Waals surface area contributed by atoms with Crippen LogP contribution in [-0.4, -0.2) is 22.2 Å². The number of ether oxygens (including phenoxy) is 1. The van der Waals surface area contributed by atoms with Gasteiger partial charge in [-0.05, 0) is 42.3 Å². The van der Waals surface area contributed by atoms with Crippen molar-refractivity contribution >= 4 is 29.1 Å². The maximum absolute atomic E-state index is 9.26. The number of rotatable bonds is 7. The quantitative estimate of drug-likeness (QED) is 0.554. The van der Waals surface area contributed by atoms with Crippen molar-refractivity contribution in [2.45, 2.75) is 19.6 Å². The fraction of sp³-hybridized carbons (Fsp3) is 0.200. The molecule has 0 bridgehead atoms. The first-order valence-electron chi connectivity index (χ1n) is 8.49. The average Bonchev–Trinajstić information content (AvgIpc) is 2.70. The summed E-state index contributed by atoms with van der Waals surface area (Å²) in [7, 11) is 1.64. The molecule has 7 heteroatoms. The highest BCUT2D eigenvalue weighted by atomic mass is 35.5. The lowest BCUT2D eigenvalue weighted by Gasteiger charge is -2.17. The second-order valence-electron chi connectivity index (χ2n) is 6.02. The van der Waals surface area contributed by atoms with Gasteiger partial charge in [-0.3, -0.25) is 0 Å². The molecule has 0 amide bonds. The molecule has 0 radical (unpaired) electrons. The monoisotopic (exact) mass is 384 g/mol. The van der Waals surface area contributed by atoms with Gasteiger partial charge in [0.1, 0.15) is 10.8 Å². The van der Waals surface area contributed by atoms with Gasteiger partial charge in [0.25, 0.3) is 0 Å². The largest absolute Gasteiger partial charge is 0.497 e. The van der Waals surface area contributed by atoms with Crippen LogP contribution in [-0.2, 0) is 6.61 Å². The molecule has 27 heavy (non-hydrogen) atoms. The second kappa shape index (κ2) is 8.70. The SMILES string of the molecule is COc1cccc([C@H](C)Nc2nc(Nc3cccc(CO)c3)ncc2Cl)c1. The number of aromatic nitrogens is 2. The molecule has 1 heterocycles. The van der Waals surface area contributed by atoms with Gasteiger partial charge in [0.2, 0.25) is 5.95 Å². The molecule has 0 aliphatic rings. The van der Waals surface area contributed by atoms with Gasteiger partial charge < -0.3 is 20.5 Å². The molecule has 0 spiro atoms. The van der Waals surface area contributed by atoms with Crippen LogP contribution in [0.2, 0.25) is 5.02 Å². The molecule has 3 aromatic rings. The highest BCUT2D eigenvalue weighted by Gasteiger charge is 2.12. The molecular weight excluding hydrogens is 364 g/mol. The Morgan fingerprint density at radius 2 is 2.00 bits per heavy atom. The molecule has 0 saturated heterocycles. The summed E-state index contributed by atoms with van der Waals surface area (Å²) >= 11 is 6.26. The number of nitrogens with one attached hydrogen (secondary N) is 2. The van der Waals surface area contributed by atoms with Crippen LogP contribution < -0.4 is 15.4 Å². The molecule has 0 unspecified atom stereocenters. The highest BCUT2D eigenvalue weighted by Crippen LogP contribution is 2.27. The van der Waals surface area contributed by atoms with E-state index < -0.39 is 0 Å². The molecule has 0 fully saturated rings. The van der Waals surface area contributed by atoms with Gasteiger partial charge in [-0.1, -0.05) is 35.9 Å². The Kier molecular flexibility index (Phi) is 6.11. The van der Waals surface area contributed by atoms with Crippen LogP contribution in [0.5, 0.6) is 5.75 Å². The summed E-state index contributed by atoms with van der Waals surface area (Å²) in [5.74, 6) is 1.73. The van der Waals surface area contributed by atoms with Crippen molar-refractivity contribution in [2.24, 2.45) is 0 Å². The van der Waals surface area contributed by atoms with E-state index in [1.54, 1.807) is 13.3 Å². The summed E-state index contributed by atoms with van der Waals surface area (Å²) in [5.41, 5.74) is 2.64. The zero-order chi connectivity index (χ0) is 19.2. The van der Waals surface area contributed by atoms with E-state index in [2.05, 4.69) is 20.6 Å². The van der Waals surface area contributed by atoms with Gasteiger partial charge in [0.05, 0.1) is 26.0 Å². The van der Waals surface area contributed by atoms with Gasteiger partial charge in [0.15, 0.2) is 5.82 Å². The van der Waals surface area contributed by atoms with Crippen LogP contribution in [0.4, 0.5) is 17.5 Å². The standard InChI is InChI=1S/C20H21ClN4O2/c1-13(15-6-4-8-17(10-15)27-2)23-19-18(21)11-22-20(25-19)24-16-7-3-5-14(9-16)12-26/h3-11,13,26H,12H2,1-2H3,(H2,22,23,24,25)/t13-/m0/s1. The molecule has 1 atom stereocenters. The Morgan fingerprint density at radius 1 is 1.19 bits per heavy atom. The Hall–Kier alpha value is -2.83. The molecule has 3 rings (SSSR count). The van der Waals surface area contributed by atoms with Crippen LogP contribution in [0.15, 0.2) is 54.7 Å².